The lowest BCUT2D eigenvalue weighted by Gasteiger charge is -2.36. The van der Waals surface area contributed by atoms with E-state index in [-0.39, 0.29) is 6.04 Å². The predicted octanol–water partition coefficient (Wildman–Crippen LogP) is 1.84. The van der Waals surface area contributed by atoms with Crippen LogP contribution in [0.2, 0.25) is 0 Å². The fourth-order valence-corrected chi connectivity index (χ4v) is 3.79. The minimum absolute atomic E-state index is 0.235. The molecule has 2 heterocycles. The Hall–Kier alpha value is -0.610. The van der Waals surface area contributed by atoms with Crippen molar-refractivity contribution in [1.82, 2.24) is 9.80 Å². The molecule has 2 aliphatic heterocycles. The summed E-state index contributed by atoms with van der Waals surface area (Å²) >= 11 is 0. The summed E-state index contributed by atoms with van der Waals surface area (Å²) in [6.07, 6.45) is 6.71. The van der Waals surface area contributed by atoms with Gasteiger partial charge in [-0.3, -0.25) is 9.69 Å². The molecule has 2 fully saturated rings. The normalized spacial score (nSPS) is 26.2. The van der Waals surface area contributed by atoms with Gasteiger partial charge in [0.2, 0.25) is 5.91 Å². The third-order valence-electron chi connectivity index (χ3n) is 4.97. The number of nitrogens with zero attached hydrogens (tertiary/aromatic N) is 2. The van der Waals surface area contributed by atoms with Crippen molar-refractivity contribution in [2.24, 2.45) is 11.7 Å². The molecule has 2 atom stereocenters. The van der Waals surface area contributed by atoms with Gasteiger partial charge in [0.25, 0.3) is 0 Å². The molecule has 0 aromatic rings. The summed E-state index contributed by atoms with van der Waals surface area (Å²) in [4.78, 5) is 17.0. The Balaban J connectivity index is 1.92. The highest BCUT2D eigenvalue weighted by atomic mass is 16.2. The Morgan fingerprint density at radius 3 is 2.45 bits per heavy atom. The van der Waals surface area contributed by atoms with E-state index in [0.717, 1.165) is 32.5 Å². The van der Waals surface area contributed by atoms with Gasteiger partial charge in [-0.2, -0.15) is 0 Å². The standard InChI is InChI=1S/C16H31N3O/c1-13(2)15-7-6-10-19(15)14(12-17)11-16(20)18-8-4-3-5-9-18/h13-15H,3-12,17H2,1-2H3. The number of hydrogen-bond donors (Lipinski definition) is 1. The van der Waals surface area contributed by atoms with Crippen LogP contribution in [0, 0.1) is 5.92 Å². The molecule has 2 N–H and O–H groups in total. The van der Waals surface area contributed by atoms with Crippen molar-refractivity contribution >= 4 is 5.91 Å². The lowest BCUT2D eigenvalue weighted by Crippen LogP contribution is -2.48. The van der Waals surface area contributed by atoms with E-state index in [1.54, 1.807) is 0 Å². The fourth-order valence-electron chi connectivity index (χ4n) is 3.79. The lowest BCUT2D eigenvalue weighted by atomic mass is 9.99. The van der Waals surface area contributed by atoms with Gasteiger partial charge in [0.15, 0.2) is 0 Å². The quantitative estimate of drug-likeness (QED) is 0.836. The van der Waals surface area contributed by atoms with E-state index in [2.05, 4.69) is 18.7 Å². The smallest absolute Gasteiger partial charge is 0.224 e. The molecule has 0 aromatic carbocycles. The van der Waals surface area contributed by atoms with E-state index in [4.69, 9.17) is 5.73 Å². The van der Waals surface area contributed by atoms with Crippen LogP contribution in [0.15, 0.2) is 0 Å². The average Bonchev–Trinajstić information content (AvgIpc) is 2.95. The summed E-state index contributed by atoms with van der Waals surface area (Å²) in [7, 11) is 0. The molecule has 4 heteroatoms. The summed E-state index contributed by atoms with van der Waals surface area (Å²) in [5.41, 5.74) is 5.98. The van der Waals surface area contributed by atoms with E-state index in [1.807, 2.05) is 4.90 Å². The highest BCUT2D eigenvalue weighted by molar-refractivity contribution is 5.77. The molecule has 2 rings (SSSR count). The monoisotopic (exact) mass is 281 g/mol. The van der Waals surface area contributed by atoms with Crippen LogP contribution in [-0.2, 0) is 4.79 Å². The molecule has 0 aromatic heterocycles. The van der Waals surface area contributed by atoms with E-state index in [9.17, 15) is 4.79 Å². The van der Waals surface area contributed by atoms with Crippen LogP contribution in [0.25, 0.3) is 0 Å². The SMILES string of the molecule is CC(C)C1CCCN1C(CN)CC(=O)N1CCCCC1. The Bertz CT molecular complexity index is 313. The molecular formula is C16H31N3O. The van der Waals surface area contributed by atoms with Crippen LogP contribution in [0.4, 0.5) is 0 Å². The maximum absolute atomic E-state index is 12.4. The number of hydrogen-bond acceptors (Lipinski definition) is 3. The van der Waals surface area contributed by atoms with E-state index >= 15 is 0 Å². The van der Waals surface area contributed by atoms with Gasteiger partial charge in [-0.15, -0.1) is 0 Å². The van der Waals surface area contributed by atoms with Crippen LogP contribution < -0.4 is 5.73 Å². The van der Waals surface area contributed by atoms with Crippen molar-refractivity contribution in [2.75, 3.05) is 26.2 Å². The molecule has 0 radical (unpaired) electrons. The number of piperidine rings is 1. The summed E-state index contributed by atoms with van der Waals surface area (Å²) in [6, 6.07) is 0.844. The molecule has 0 saturated carbocycles. The zero-order chi connectivity index (χ0) is 14.5. The first kappa shape index (κ1) is 15.8. The van der Waals surface area contributed by atoms with Crippen molar-refractivity contribution in [3.63, 3.8) is 0 Å². The van der Waals surface area contributed by atoms with E-state index in [1.165, 1.54) is 19.3 Å². The van der Waals surface area contributed by atoms with Crippen LogP contribution in [0.5, 0.6) is 0 Å². The average molecular weight is 281 g/mol. The first-order valence-corrected chi connectivity index (χ1v) is 8.37. The van der Waals surface area contributed by atoms with E-state index in [0.29, 0.717) is 30.8 Å². The topological polar surface area (TPSA) is 49.6 Å². The van der Waals surface area contributed by atoms with Crippen LogP contribution in [0.1, 0.15) is 52.4 Å². The van der Waals surface area contributed by atoms with Crippen LogP contribution in [0.3, 0.4) is 0 Å². The minimum atomic E-state index is 0.235. The van der Waals surface area contributed by atoms with Crippen molar-refractivity contribution in [3.8, 4) is 0 Å². The number of likely N-dealkylation sites (tertiary alicyclic amines) is 2. The molecule has 1 amide bonds. The Morgan fingerprint density at radius 2 is 1.85 bits per heavy atom. The molecule has 0 bridgehead atoms. The Labute approximate surface area is 123 Å². The zero-order valence-electron chi connectivity index (χ0n) is 13.2. The summed E-state index contributed by atoms with van der Waals surface area (Å²) in [5.74, 6) is 0.964. The van der Waals surface area contributed by atoms with Gasteiger partial charge in [0.1, 0.15) is 0 Å². The largest absolute Gasteiger partial charge is 0.343 e. The van der Waals surface area contributed by atoms with Crippen LogP contribution >= 0.6 is 0 Å². The van der Waals surface area contributed by atoms with Gasteiger partial charge in [0.05, 0.1) is 0 Å². The minimum Gasteiger partial charge on any atom is -0.343 e. The van der Waals surface area contributed by atoms with Gasteiger partial charge in [-0.1, -0.05) is 13.8 Å². The molecule has 2 unspecified atom stereocenters. The first-order valence-electron chi connectivity index (χ1n) is 8.37. The molecular weight excluding hydrogens is 250 g/mol. The molecule has 2 aliphatic rings. The van der Waals surface area contributed by atoms with Gasteiger partial charge < -0.3 is 10.6 Å². The Kier molecular flexibility index (Phi) is 5.85. The second kappa shape index (κ2) is 7.41. The van der Waals surface area contributed by atoms with Gasteiger partial charge in [0, 0.05) is 38.1 Å². The third kappa shape index (κ3) is 3.73. The van der Waals surface area contributed by atoms with Gasteiger partial charge in [-0.05, 0) is 44.6 Å². The Morgan fingerprint density at radius 1 is 1.15 bits per heavy atom. The molecule has 0 spiro atoms. The lowest BCUT2D eigenvalue weighted by molar-refractivity contribution is -0.133. The summed E-state index contributed by atoms with van der Waals surface area (Å²) in [5, 5.41) is 0. The molecule has 116 valence electrons. The number of amides is 1. The number of carbonyl (C=O) groups excluding carboxylic acids is 1. The van der Waals surface area contributed by atoms with Gasteiger partial charge >= 0.3 is 0 Å². The molecule has 0 aliphatic carbocycles. The highest BCUT2D eigenvalue weighted by Crippen LogP contribution is 2.27. The van der Waals surface area contributed by atoms with Crippen molar-refractivity contribution in [3.05, 3.63) is 0 Å². The maximum atomic E-state index is 12.4. The van der Waals surface area contributed by atoms with Crippen LogP contribution in [-0.4, -0.2) is 54.0 Å². The number of nitrogens with two attached hydrogens (primary N) is 1. The number of rotatable bonds is 5. The highest BCUT2D eigenvalue weighted by Gasteiger charge is 2.33. The predicted molar refractivity (Wildman–Crippen MR) is 82.5 cm³/mol. The summed E-state index contributed by atoms with van der Waals surface area (Å²) < 4.78 is 0. The molecule has 2 saturated heterocycles. The summed E-state index contributed by atoms with van der Waals surface area (Å²) in [6.45, 7) is 8.17. The molecule has 20 heavy (non-hydrogen) atoms. The number of carbonyl (C=O) groups is 1. The second-order valence-electron chi connectivity index (χ2n) is 6.73. The van der Waals surface area contributed by atoms with E-state index < -0.39 is 0 Å². The van der Waals surface area contributed by atoms with Crippen molar-refractivity contribution < 1.29 is 4.79 Å². The fraction of sp³-hybridized carbons (Fsp3) is 0.938. The van der Waals surface area contributed by atoms with Gasteiger partial charge in [-0.25, -0.2) is 0 Å². The second-order valence-corrected chi connectivity index (χ2v) is 6.73. The van der Waals surface area contributed by atoms with Crippen molar-refractivity contribution in [2.45, 2.75) is 64.5 Å². The maximum Gasteiger partial charge on any atom is 0.224 e. The zero-order valence-corrected chi connectivity index (χ0v) is 13.2. The third-order valence-corrected chi connectivity index (χ3v) is 4.97. The molecule has 4 nitrogen and oxygen atoms in total. The van der Waals surface area contributed by atoms with Crippen molar-refractivity contribution in [1.29, 1.82) is 0 Å². The first-order chi connectivity index (χ1) is 9.63.